The van der Waals surface area contributed by atoms with Crippen LogP contribution in [0.3, 0.4) is 0 Å². The molecule has 0 heterocycles. The van der Waals surface area contributed by atoms with Gasteiger partial charge in [-0.1, -0.05) is 50.5 Å². The Morgan fingerprint density at radius 2 is 1.74 bits per heavy atom. The zero-order valence-electron chi connectivity index (χ0n) is 12.3. The molecule has 3 nitrogen and oxygen atoms in total. The molecule has 1 unspecified atom stereocenters. The summed E-state index contributed by atoms with van der Waals surface area (Å²) in [5.74, 6) is 0.572. The molecule has 0 spiro atoms. The Morgan fingerprint density at radius 3 is 2.32 bits per heavy atom. The van der Waals surface area contributed by atoms with E-state index in [1.165, 1.54) is 38.3 Å². The first kappa shape index (κ1) is 21.3. The van der Waals surface area contributed by atoms with Crippen molar-refractivity contribution in [2.75, 3.05) is 13.6 Å². The second-order valence-corrected chi connectivity index (χ2v) is 4.52. The molecule has 1 rings (SSSR count). The van der Waals surface area contributed by atoms with E-state index in [1.54, 1.807) is 0 Å². The maximum atomic E-state index is 7.58. The van der Waals surface area contributed by atoms with Crippen LogP contribution in [0.2, 0.25) is 0 Å². The van der Waals surface area contributed by atoms with Crippen LogP contribution in [0.15, 0.2) is 24.3 Å². The van der Waals surface area contributed by atoms with Crippen LogP contribution in [0.25, 0.3) is 11.5 Å². The minimum absolute atomic E-state index is 0. The van der Waals surface area contributed by atoms with Gasteiger partial charge in [-0.3, -0.25) is 0 Å². The maximum Gasteiger partial charge on any atom is 0 e. The number of nitrogens with one attached hydrogen (secondary N) is 2. The second-order valence-electron chi connectivity index (χ2n) is 4.52. The van der Waals surface area contributed by atoms with E-state index in [-0.39, 0.29) is 32.7 Å². The number of nitrogens with two attached hydrogens (primary N) is 1. The normalized spacial score (nSPS) is 10.9. The molecule has 4 N–H and O–H groups in total. The molecule has 19 heavy (non-hydrogen) atoms. The van der Waals surface area contributed by atoms with Crippen LogP contribution in [0.1, 0.15) is 50.5 Å². The molecule has 1 aromatic carbocycles. The van der Waals surface area contributed by atoms with Gasteiger partial charge in [0.15, 0.2) is 0 Å². The summed E-state index contributed by atoms with van der Waals surface area (Å²) in [6, 6.07) is 7.91. The number of rotatable bonds is 7. The van der Waals surface area contributed by atoms with E-state index in [4.69, 9.17) is 17.2 Å². The molecule has 0 aromatic heterocycles. The summed E-state index contributed by atoms with van der Waals surface area (Å²) in [7, 11) is 1.25. The van der Waals surface area contributed by atoms with Gasteiger partial charge in [0.05, 0.1) is 0 Å². The van der Waals surface area contributed by atoms with Crippen molar-refractivity contribution in [2.24, 2.45) is 5.73 Å². The van der Waals surface area contributed by atoms with Gasteiger partial charge in [0.1, 0.15) is 0 Å². The minimum atomic E-state index is 0. The Bertz CT molecular complexity index is 305. The van der Waals surface area contributed by atoms with Crippen molar-refractivity contribution in [2.45, 2.75) is 44.9 Å². The number of benzene rings is 1. The van der Waals surface area contributed by atoms with Crippen molar-refractivity contribution in [3.8, 4) is 0 Å². The van der Waals surface area contributed by atoms with Gasteiger partial charge >= 0.3 is 0 Å². The molecule has 0 amide bonds. The van der Waals surface area contributed by atoms with Gasteiger partial charge in [0, 0.05) is 32.7 Å². The zero-order chi connectivity index (χ0) is 13.8. The predicted octanol–water partition coefficient (Wildman–Crippen LogP) is 5.05. The van der Waals surface area contributed by atoms with Crippen molar-refractivity contribution in [3.63, 3.8) is 0 Å². The van der Waals surface area contributed by atoms with E-state index < -0.39 is 0 Å². The van der Waals surface area contributed by atoms with E-state index >= 15 is 0 Å². The average Bonchev–Trinajstić information content (AvgIpc) is 2.40. The van der Waals surface area contributed by atoms with Crippen molar-refractivity contribution in [1.82, 2.24) is 0 Å². The third-order valence-electron chi connectivity index (χ3n) is 3.05. The van der Waals surface area contributed by atoms with Crippen molar-refractivity contribution in [1.29, 1.82) is 0 Å². The van der Waals surface area contributed by atoms with Crippen LogP contribution in [-0.2, 0) is 32.7 Å². The van der Waals surface area contributed by atoms with E-state index in [0.717, 1.165) is 13.0 Å². The van der Waals surface area contributed by atoms with Crippen molar-refractivity contribution in [3.05, 3.63) is 41.3 Å². The molecule has 0 aliphatic carbocycles. The first-order valence-corrected chi connectivity index (χ1v) is 6.75. The van der Waals surface area contributed by atoms with Crippen LogP contribution in [0.5, 0.6) is 0 Å². The van der Waals surface area contributed by atoms with Gasteiger partial charge in [0.2, 0.25) is 0 Å². The fraction of sp³-hybridized carbons (Fsp3) is 0.600. The van der Waals surface area contributed by atoms with Gasteiger partial charge in [-0.05, 0) is 30.9 Å². The molecule has 0 bridgehead atoms. The number of hydrogen-bond acceptors (Lipinski definition) is 1. The third kappa shape index (κ3) is 10.5. The SMILES string of the molecule is CC(CCCCCCN)c1cccc([NH-])c1.C[NH-].[Y]. The Labute approximate surface area is 143 Å². The summed E-state index contributed by atoms with van der Waals surface area (Å²) >= 11 is 0. The molecule has 1 aromatic rings. The molecule has 0 saturated heterocycles. The first-order valence-electron chi connectivity index (χ1n) is 6.75. The van der Waals surface area contributed by atoms with Crippen LogP contribution in [0.4, 0.5) is 5.69 Å². The quantitative estimate of drug-likeness (QED) is 0.694. The summed E-state index contributed by atoms with van der Waals surface area (Å²) in [6.07, 6.45) is 6.16. The van der Waals surface area contributed by atoms with Gasteiger partial charge in [-0.2, -0.15) is 7.05 Å². The third-order valence-corrected chi connectivity index (χ3v) is 3.05. The van der Waals surface area contributed by atoms with Crippen molar-refractivity contribution < 1.29 is 32.7 Å². The fourth-order valence-corrected chi connectivity index (χ4v) is 1.96. The summed E-state index contributed by atoms with van der Waals surface area (Å²) in [5, 5.41) is 0. The smallest absolute Gasteiger partial charge is 0 e. The van der Waals surface area contributed by atoms with Gasteiger partial charge in [-0.25, -0.2) is 0 Å². The summed E-state index contributed by atoms with van der Waals surface area (Å²) in [4.78, 5) is 0. The van der Waals surface area contributed by atoms with Crippen LogP contribution < -0.4 is 5.73 Å². The number of unbranched alkanes of at least 4 members (excludes halogenated alkanes) is 3. The zero-order valence-corrected chi connectivity index (χ0v) is 15.1. The standard InChI is InChI=1S/C14H23N2.CH4N.Y/c1-12(7-4-2-3-5-10-15)13-8-6-9-14(16)11-13;1-2;/h6,8-9,11-12,16H,2-5,7,10,15H2,1H3;2H,1H3;/q2*-1;. The van der Waals surface area contributed by atoms with Gasteiger partial charge in [0.25, 0.3) is 0 Å². The summed E-state index contributed by atoms with van der Waals surface area (Å²) in [5.41, 5.74) is 20.7. The Kier molecular flexibility index (Phi) is 16.2. The van der Waals surface area contributed by atoms with Crippen LogP contribution in [0, 0.1) is 0 Å². The molecule has 1 radical (unpaired) electrons. The number of hydrogen-bond donors (Lipinski definition) is 1. The van der Waals surface area contributed by atoms with Crippen molar-refractivity contribution >= 4 is 5.69 Å². The Balaban J connectivity index is 0. The second kappa shape index (κ2) is 14.5. The van der Waals surface area contributed by atoms with E-state index in [0.29, 0.717) is 11.6 Å². The van der Waals surface area contributed by atoms with E-state index in [9.17, 15) is 0 Å². The van der Waals surface area contributed by atoms with Gasteiger partial charge in [-0.15, -0.1) is 5.69 Å². The maximum absolute atomic E-state index is 7.58. The predicted molar refractivity (Wildman–Crippen MR) is 81.2 cm³/mol. The molecule has 0 fully saturated rings. The average molecular weight is 338 g/mol. The van der Waals surface area contributed by atoms with E-state index in [1.807, 2.05) is 18.2 Å². The summed E-state index contributed by atoms with van der Waals surface area (Å²) in [6.45, 7) is 3.06. The minimum Gasteiger partial charge on any atom is -0.699 e. The molecule has 0 saturated carbocycles. The van der Waals surface area contributed by atoms with E-state index in [2.05, 4.69) is 13.0 Å². The molecule has 0 aliphatic rings. The Morgan fingerprint density at radius 1 is 1.11 bits per heavy atom. The Hall–Kier alpha value is 0.0439. The van der Waals surface area contributed by atoms with Crippen LogP contribution in [-0.4, -0.2) is 13.6 Å². The fourth-order valence-electron chi connectivity index (χ4n) is 1.96. The molecule has 0 aliphatic heterocycles. The molecule has 1 atom stereocenters. The topological polar surface area (TPSA) is 73.6 Å². The largest absolute Gasteiger partial charge is 0.699 e. The van der Waals surface area contributed by atoms with Crippen LogP contribution >= 0.6 is 0 Å². The summed E-state index contributed by atoms with van der Waals surface area (Å²) < 4.78 is 0. The monoisotopic (exact) mass is 338 g/mol. The first-order chi connectivity index (χ1) is 8.74. The molecular weight excluding hydrogens is 311 g/mol. The van der Waals surface area contributed by atoms with Gasteiger partial charge < -0.3 is 17.2 Å². The molecule has 107 valence electrons. The molecule has 4 heteroatoms. The molecular formula is C15H27N3Y-2.